The van der Waals surface area contributed by atoms with Crippen LogP contribution < -0.4 is 5.32 Å². The molecular formula is C13H17ClN2OS. The van der Waals surface area contributed by atoms with Crippen molar-refractivity contribution in [3.8, 4) is 10.6 Å². The summed E-state index contributed by atoms with van der Waals surface area (Å²) in [4.78, 5) is 5.31. The van der Waals surface area contributed by atoms with Crippen LogP contribution in [0.2, 0.25) is 4.34 Å². The third kappa shape index (κ3) is 3.83. The normalized spacial score (nSPS) is 11.3. The third-order valence-electron chi connectivity index (χ3n) is 2.49. The van der Waals surface area contributed by atoms with Gasteiger partial charge in [0.25, 0.3) is 0 Å². The zero-order chi connectivity index (χ0) is 13.0. The lowest BCUT2D eigenvalue weighted by atomic mass is 10.3. The molecular weight excluding hydrogens is 268 g/mol. The molecule has 3 nitrogen and oxygen atoms in total. The van der Waals surface area contributed by atoms with Gasteiger partial charge in [-0.3, -0.25) is 0 Å². The lowest BCUT2D eigenvalue weighted by Gasteiger charge is -2.05. The van der Waals surface area contributed by atoms with Gasteiger partial charge in [0.1, 0.15) is 0 Å². The summed E-state index contributed by atoms with van der Waals surface area (Å²) in [7, 11) is 0. The molecule has 18 heavy (non-hydrogen) atoms. The first-order chi connectivity index (χ1) is 8.65. The van der Waals surface area contributed by atoms with Crippen LogP contribution in [0.5, 0.6) is 0 Å². The summed E-state index contributed by atoms with van der Waals surface area (Å²) in [6.07, 6.45) is 3.66. The summed E-state index contributed by atoms with van der Waals surface area (Å²) in [5.74, 6) is 1.60. The Morgan fingerprint density at radius 3 is 2.94 bits per heavy atom. The van der Waals surface area contributed by atoms with Crippen molar-refractivity contribution in [2.24, 2.45) is 0 Å². The first-order valence-corrected chi connectivity index (χ1v) is 7.28. The molecule has 0 aliphatic heterocycles. The molecule has 1 N–H and O–H groups in total. The maximum Gasteiger partial charge on any atom is 0.194 e. The second-order valence-electron chi connectivity index (χ2n) is 4.43. The lowest BCUT2D eigenvalue weighted by Crippen LogP contribution is -2.23. The highest BCUT2D eigenvalue weighted by molar-refractivity contribution is 7.19. The summed E-state index contributed by atoms with van der Waals surface area (Å²) in [6, 6.07) is 4.35. The number of hydrogen-bond acceptors (Lipinski definition) is 4. The van der Waals surface area contributed by atoms with E-state index in [0.717, 1.165) is 40.3 Å². The van der Waals surface area contributed by atoms with Gasteiger partial charge in [0.05, 0.1) is 15.4 Å². The van der Waals surface area contributed by atoms with E-state index in [1.54, 1.807) is 6.20 Å². The van der Waals surface area contributed by atoms with Crippen molar-refractivity contribution < 1.29 is 4.42 Å². The van der Waals surface area contributed by atoms with Gasteiger partial charge >= 0.3 is 0 Å². The molecule has 0 amide bonds. The highest BCUT2D eigenvalue weighted by atomic mass is 35.5. The Morgan fingerprint density at radius 2 is 2.28 bits per heavy atom. The fraction of sp³-hybridized carbons (Fsp3) is 0.462. The topological polar surface area (TPSA) is 38.1 Å². The maximum absolute atomic E-state index is 5.90. The molecule has 5 heteroatoms. The van der Waals surface area contributed by atoms with Gasteiger partial charge in [-0.2, -0.15) is 0 Å². The van der Waals surface area contributed by atoms with Crippen LogP contribution in [-0.2, 0) is 6.42 Å². The SMILES string of the molecule is CC(C)NCCCc1ncc(-c2ccc(Cl)s2)o1. The van der Waals surface area contributed by atoms with Gasteiger partial charge in [-0.1, -0.05) is 25.4 Å². The summed E-state index contributed by atoms with van der Waals surface area (Å²) in [5, 5.41) is 3.37. The van der Waals surface area contributed by atoms with Crippen molar-refractivity contribution in [2.75, 3.05) is 6.54 Å². The van der Waals surface area contributed by atoms with Crippen molar-refractivity contribution >= 4 is 22.9 Å². The van der Waals surface area contributed by atoms with E-state index in [-0.39, 0.29) is 0 Å². The van der Waals surface area contributed by atoms with Gasteiger partial charge in [-0.05, 0) is 25.1 Å². The van der Waals surface area contributed by atoms with Crippen LogP contribution >= 0.6 is 22.9 Å². The molecule has 98 valence electrons. The summed E-state index contributed by atoms with van der Waals surface area (Å²) >= 11 is 7.40. The zero-order valence-electron chi connectivity index (χ0n) is 10.6. The van der Waals surface area contributed by atoms with Crippen LogP contribution in [0.3, 0.4) is 0 Å². The average molecular weight is 285 g/mol. The Morgan fingerprint density at radius 1 is 1.44 bits per heavy atom. The van der Waals surface area contributed by atoms with Crippen LogP contribution in [0.1, 0.15) is 26.2 Å². The molecule has 0 saturated heterocycles. The molecule has 0 saturated carbocycles. The lowest BCUT2D eigenvalue weighted by molar-refractivity contribution is 0.485. The minimum atomic E-state index is 0.526. The van der Waals surface area contributed by atoms with Gasteiger partial charge in [0.2, 0.25) is 0 Å². The van der Waals surface area contributed by atoms with Gasteiger partial charge in [-0.15, -0.1) is 11.3 Å². The van der Waals surface area contributed by atoms with Gasteiger partial charge in [-0.25, -0.2) is 4.98 Å². The highest BCUT2D eigenvalue weighted by Gasteiger charge is 2.08. The average Bonchev–Trinajstić information content (AvgIpc) is 2.93. The second-order valence-corrected chi connectivity index (χ2v) is 6.15. The standard InChI is InChI=1S/C13H17ClN2OS/c1-9(2)15-7-3-4-13-16-8-10(17-13)11-5-6-12(14)18-11/h5-6,8-9,15H,3-4,7H2,1-2H3. The zero-order valence-corrected chi connectivity index (χ0v) is 12.1. The molecule has 0 aromatic carbocycles. The fourth-order valence-electron chi connectivity index (χ4n) is 1.62. The summed E-state index contributed by atoms with van der Waals surface area (Å²) in [5.41, 5.74) is 0. The van der Waals surface area contributed by atoms with E-state index >= 15 is 0 Å². The molecule has 0 aliphatic carbocycles. The molecule has 0 fully saturated rings. The Kier molecular flexibility index (Phi) is 4.80. The first kappa shape index (κ1) is 13.6. The van der Waals surface area contributed by atoms with Crippen LogP contribution in [0.15, 0.2) is 22.7 Å². The number of hydrogen-bond donors (Lipinski definition) is 1. The van der Waals surface area contributed by atoms with Gasteiger partial charge in [0.15, 0.2) is 11.7 Å². The van der Waals surface area contributed by atoms with Gasteiger partial charge < -0.3 is 9.73 Å². The van der Waals surface area contributed by atoms with E-state index < -0.39 is 0 Å². The van der Waals surface area contributed by atoms with Crippen LogP contribution in [0.25, 0.3) is 10.6 Å². The Labute approximate surface area is 116 Å². The van der Waals surface area contributed by atoms with Crippen molar-refractivity contribution in [1.29, 1.82) is 0 Å². The fourth-order valence-corrected chi connectivity index (χ4v) is 2.61. The molecule has 0 aliphatic rings. The molecule has 2 heterocycles. The quantitative estimate of drug-likeness (QED) is 0.815. The molecule has 0 unspecified atom stereocenters. The number of rotatable bonds is 6. The van der Waals surface area contributed by atoms with Crippen LogP contribution in [0.4, 0.5) is 0 Å². The first-order valence-electron chi connectivity index (χ1n) is 6.09. The number of nitrogens with zero attached hydrogens (tertiary/aromatic N) is 1. The summed E-state index contributed by atoms with van der Waals surface area (Å²) < 4.78 is 6.47. The number of halogens is 1. The van der Waals surface area contributed by atoms with Crippen molar-refractivity contribution in [1.82, 2.24) is 10.3 Å². The predicted molar refractivity (Wildman–Crippen MR) is 76.3 cm³/mol. The Balaban J connectivity index is 1.86. The van der Waals surface area contributed by atoms with E-state index in [1.807, 2.05) is 12.1 Å². The molecule has 0 bridgehead atoms. The van der Waals surface area contributed by atoms with E-state index in [1.165, 1.54) is 11.3 Å². The van der Waals surface area contributed by atoms with Crippen LogP contribution in [0, 0.1) is 0 Å². The number of aromatic nitrogens is 1. The van der Waals surface area contributed by atoms with E-state index in [2.05, 4.69) is 24.1 Å². The van der Waals surface area contributed by atoms with E-state index in [9.17, 15) is 0 Å². The Bertz CT molecular complexity index is 493. The maximum atomic E-state index is 5.90. The van der Waals surface area contributed by atoms with Crippen LogP contribution in [-0.4, -0.2) is 17.6 Å². The highest BCUT2D eigenvalue weighted by Crippen LogP contribution is 2.31. The minimum absolute atomic E-state index is 0.526. The smallest absolute Gasteiger partial charge is 0.194 e. The van der Waals surface area contributed by atoms with Crippen molar-refractivity contribution in [2.45, 2.75) is 32.7 Å². The molecule has 0 radical (unpaired) electrons. The second kappa shape index (κ2) is 6.36. The predicted octanol–water partition coefficient (Wildman–Crippen LogP) is 3.99. The number of nitrogens with one attached hydrogen (secondary N) is 1. The summed E-state index contributed by atoms with van der Waals surface area (Å²) in [6.45, 7) is 5.27. The third-order valence-corrected chi connectivity index (χ3v) is 3.74. The molecule has 2 aromatic heterocycles. The molecule has 2 rings (SSSR count). The van der Waals surface area contributed by atoms with Crippen molar-refractivity contribution in [3.63, 3.8) is 0 Å². The number of thiophene rings is 1. The number of oxazole rings is 1. The van der Waals surface area contributed by atoms with E-state index in [4.69, 9.17) is 16.0 Å². The van der Waals surface area contributed by atoms with E-state index in [0.29, 0.717) is 6.04 Å². The molecule has 0 atom stereocenters. The molecule has 2 aromatic rings. The minimum Gasteiger partial charge on any atom is -0.440 e. The number of aryl methyl sites for hydroxylation is 1. The Hall–Kier alpha value is -0.840. The van der Waals surface area contributed by atoms with Crippen molar-refractivity contribution in [3.05, 3.63) is 28.6 Å². The largest absolute Gasteiger partial charge is 0.440 e. The monoisotopic (exact) mass is 284 g/mol. The van der Waals surface area contributed by atoms with Gasteiger partial charge in [0, 0.05) is 12.5 Å². The molecule has 0 spiro atoms.